The number of hydrogen-bond acceptors (Lipinski definition) is 3. The summed E-state index contributed by atoms with van der Waals surface area (Å²) >= 11 is 1.23. The van der Waals surface area contributed by atoms with Crippen LogP contribution in [-0.2, 0) is 17.4 Å². The van der Waals surface area contributed by atoms with Crippen molar-refractivity contribution in [3.63, 3.8) is 0 Å². The molecule has 1 aromatic heterocycles. The number of Topliss-reactive ketones (excluding diaryl/α,β-unsaturated/α-hetero) is 1. The molecule has 0 radical (unpaired) electrons. The lowest BCUT2D eigenvalue weighted by atomic mass is 10.1. The molecule has 19 heavy (non-hydrogen) atoms. The summed E-state index contributed by atoms with van der Waals surface area (Å²) in [6.45, 7) is 1.45. The van der Waals surface area contributed by atoms with E-state index in [4.69, 9.17) is 0 Å². The fourth-order valence-electron chi connectivity index (χ4n) is 1.60. The summed E-state index contributed by atoms with van der Waals surface area (Å²) in [6.07, 6.45) is -4.16. The van der Waals surface area contributed by atoms with Crippen molar-refractivity contribution in [3.05, 3.63) is 40.9 Å². The molecule has 6 heteroatoms. The molecule has 0 N–H and O–H groups in total. The van der Waals surface area contributed by atoms with Crippen LogP contribution in [0.4, 0.5) is 13.2 Å². The van der Waals surface area contributed by atoms with Crippen LogP contribution >= 0.6 is 11.3 Å². The second-order valence-electron chi connectivity index (χ2n) is 4.10. The van der Waals surface area contributed by atoms with Crippen LogP contribution in [0.15, 0.2) is 29.6 Å². The maximum atomic E-state index is 12.6. The lowest BCUT2D eigenvalue weighted by Crippen LogP contribution is -2.04. The Morgan fingerprint density at radius 2 is 2.11 bits per heavy atom. The zero-order valence-electron chi connectivity index (χ0n) is 9.99. The van der Waals surface area contributed by atoms with E-state index in [0.29, 0.717) is 16.3 Å². The van der Waals surface area contributed by atoms with Crippen molar-refractivity contribution < 1.29 is 18.0 Å². The predicted octanol–water partition coefficient (Wildman–Crippen LogP) is 3.96. The third kappa shape index (κ3) is 3.41. The van der Waals surface area contributed by atoms with Crippen LogP contribution in [-0.4, -0.2) is 10.8 Å². The fourth-order valence-corrected chi connectivity index (χ4v) is 2.42. The zero-order chi connectivity index (χ0) is 14.0. The Kier molecular flexibility index (Phi) is 3.71. The van der Waals surface area contributed by atoms with Gasteiger partial charge in [-0.25, -0.2) is 4.98 Å². The first-order valence-electron chi connectivity index (χ1n) is 5.48. The molecule has 0 aliphatic heterocycles. The van der Waals surface area contributed by atoms with Gasteiger partial charge in [-0.05, 0) is 19.1 Å². The van der Waals surface area contributed by atoms with E-state index in [1.165, 1.54) is 24.3 Å². The fraction of sp³-hybridized carbons (Fsp3) is 0.231. The average molecular weight is 285 g/mol. The highest BCUT2D eigenvalue weighted by Gasteiger charge is 2.30. The van der Waals surface area contributed by atoms with E-state index in [9.17, 15) is 18.0 Å². The van der Waals surface area contributed by atoms with Crippen molar-refractivity contribution in [2.75, 3.05) is 0 Å². The quantitative estimate of drug-likeness (QED) is 0.854. The van der Waals surface area contributed by atoms with Gasteiger partial charge in [-0.3, -0.25) is 4.79 Å². The Labute approximate surface area is 111 Å². The molecule has 0 fully saturated rings. The van der Waals surface area contributed by atoms with Gasteiger partial charge in [0, 0.05) is 17.4 Å². The molecule has 0 amide bonds. The first kappa shape index (κ1) is 13.7. The number of carbonyl (C=O) groups excluding carboxylic acids is 1. The van der Waals surface area contributed by atoms with Crippen LogP contribution in [0, 0.1) is 0 Å². The van der Waals surface area contributed by atoms with Gasteiger partial charge < -0.3 is 0 Å². The Morgan fingerprint density at radius 1 is 1.37 bits per heavy atom. The summed E-state index contributed by atoms with van der Waals surface area (Å²) in [7, 11) is 0. The van der Waals surface area contributed by atoms with E-state index in [1.54, 1.807) is 11.4 Å². The van der Waals surface area contributed by atoms with Gasteiger partial charge in [0.25, 0.3) is 0 Å². The largest absolute Gasteiger partial charge is 0.416 e. The zero-order valence-corrected chi connectivity index (χ0v) is 10.8. The summed E-state index contributed by atoms with van der Waals surface area (Å²) in [4.78, 5) is 15.1. The Balaban J connectivity index is 2.32. The maximum Gasteiger partial charge on any atom is 0.416 e. The summed E-state index contributed by atoms with van der Waals surface area (Å²) in [5.41, 5.74) is 0.299. The first-order chi connectivity index (χ1) is 8.86. The normalized spacial score (nSPS) is 11.6. The van der Waals surface area contributed by atoms with Gasteiger partial charge in [0.05, 0.1) is 11.3 Å². The van der Waals surface area contributed by atoms with Crippen molar-refractivity contribution in [1.82, 2.24) is 4.98 Å². The average Bonchev–Trinajstić information content (AvgIpc) is 2.76. The molecule has 0 aliphatic rings. The number of nitrogens with zero attached hydrogens (tertiary/aromatic N) is 1. The minimum absolute atomic E-state index is 0.0270. The summed E-state index contributed by atoms with van der Waals surface area (Å²) < 4.78 is 37.8. The molecular formula is C13H10F3NOS. The molecule has 1 aromatic carbocycles. The number of benzene rings is 1. The number of halogens is 3. The smallest absolute Gasteiger partial charge is 0.300 e. The number of thiazole rings is 1. The van der Waals surface area contributed by atoms with Gasteiger partial charge >= 0.3 is 6.18 Å². The van der Waals surface area contributed by atoms with Gasteiger partial charge in [0.2, 0.25) is 0 Å². The third-order valence-corrected chi connectivity index (χ3v) is 3.36. The third-order valence-electron chi connectivity index (χ3n) is 2.42. The molecule has 2 nitrogen and oxygen atoms in total. The Hall–Kier alpha value is -1.69. The number of rotatable bonds is 3. The molecule has 1 heterocycles. The van der Waals surface area contributed by atoms with Crippen molar-refractivity contribution in [3.8, 4) is 10.6 Å². The molecule has 100 valence electrons. The molecule has 0 saturated carbocycles. The highest BCUT2D eigenvalue weighted by molar-refractivity contribution is 7.13. The number of alkyl halides is 3. The number of carbonyl (C=O) groups is 1. The standard InChI is InChI=1S/C13H10F3NOS/c1-8(18)5-11-7-19-12(17-11)9-3-2-4-10(6-9)13(14,15)16/h2-4,6-7H,5H2,1H3. The van der Waals surface area contributed by atoms with Crippen molar-refractivity contribution in [2.45, 2.75) is 19.5 Å². The van der Waals surface area contributed by atoms with E-state index in [-0.39, 0.29) is 12.2 Å². The number of aromatic nitrogens is 1. The lowest BCUT2D eigenvalue weighted by molar-refractivity contribution is -0.137. The van der Waals surface area contributed by atoms with Crippen molar-refractivity contribution >= 4 is 17.1 Å². The van der Waals surface area contributed by atoms with Gasteiger partial charge in [-0.2, -0.15) is 13.2 Å². The highest BCUT2D eigenvalue weighted by Crippen LogP contribution is 2.33. The van der Waals surface area contributed by atoms with Gasteiger partial charge in [-0.15, -0.1) is 11.3 Å². The van der Waals surface area contributed by atoms with Gasteiger partial charge in [0.15, 0.2) is 0 Å². The first-order valence-corrected chi connectivity index (χ1v) is 6.35. The molecular weight excluding hydrogens is 275 g/mol. The molecule has 0 saturated heterocycles. The van der Waals surface area contributed by atoms with E-state index in [1.807, 2.05) is 0 Å². The summed E-state index contributed by atoms with van der Waals surface area (Å²) in [5, 5.41) is 2.18. The van der Waals surface area contributed by atoms with E-state index < -0.39 is 11.7 Å². The minimum Gasteiger partial charge on any atom is -0.300 e. The van der Waals surface area contributed by atoms with E-state index in [0.717, 1.165) is 12.1 Å². The Bertz CT molecular complexity index is 604. The molecule has 0 aliphatic carbocycles. The van der Waals surface area contributed by atoms with E-state index >= 15 is 0 Å². The summed E-state index contributed by atoms with van der Waals surface area (Å²) in [5.74, 6) is -0.0270. The number of hydrogen-bond donors (Lipinski definition) is 0. The Morgan fingerprint density at radius 3 is 2.74 bits per heavy atom. The van der Waals surface area contributed by atoms with Crippen LogP contribution in [0.5, 0.6) is 0 Å². The maximum absolute atomic E-state index is 12.6. The van der Waals surface area contributed by atoms with Crippen molar-refractivity contribution in [1.29, 1.82) is 0 Å². The monoisotopic (exact) mass is 285 g/mol. The SMILES string of the molecule is CC(=O)Cc1csc(-c2cccc(C(F)(F)F)c2)n1. The molecule has 2 rings (SSSR count). The van der Waals surface area contributed by atoms with Crippen LogP contribution in [0.25, 0.3) is 10.6 Å². The van der Waals surface area contributed by atoms with Crippen molar-refractivity contribution in [2.24, 2.45) is 0 Å². The second kappa shape index (κ2) is 5.13. The molecule has 2 aromatic rings. The van der Waals surface area contributed by atoms with Gasteiger partial charge in [-0.1, -0.05) is 12.1 Å². The van der Waals surface area contributed by atoms with Crippen LogP contribution in [0.3, 0.4) is 0 Å². The van der Waals surface area contributed by atoms with Crippen LogP contribution < -0.4 is 0 Å². The lowest BCUT2D eigenvalue weighted by Gasteiger charge is -2.07. The van der Waals surface area contributed by atoms with Crippen LogP contribution in [0.1, 0.15) is 18.2 Å². The van der Waals surface area contributed by atoms with Crippen LogP contribution in [0.2, 0.25) is 0 Å². The molecule has 0 atom stereocenters. The van der Waals surface area contributed by atoms with E-state index in [2.05, 4.69) is 4.98 Å². The molecule has 0 spiro atoms. The molecule has 0 bridgehead atoms. The van der Waals surface area contributed by atoms with Gasteiger partial charge in [0.1, 0.15) is 10.8 Å². The minimum atomic E-state index is -4.37. The topological polar surface area (TPSA) is 30.0 Å². The predicted molar refractivity (Wildman–Crippen MR) is 66.9 cm³/mol. The summed E-state index contributed by atoms with van der Waals surface area (Å²) in [6, 6.07) is 5.01. The molecule has 0 unspecified atom stereocenters. The highest BCUT2D eigenvalue weighted by atomic mass is 32.1. The second-order valence-corrected chi connectivity index (χ2v) is 4.96. The number of ketones is 1.